The molecule has 214 valence electrons. The Kier molecular flexibility index (Phi) is 6.69. The number of nitrogens with zero attached hydrogens (tertiary/aromatic N) is 1. The van der Waals surface area contributed by atoms with E-state index in [4.69, 9.17) is 0 Å². The van der Waals surface area contributed by atoms with Gasteiger partial charge in [0.2, 0.25) is 0 Å². The van der Waals surface area contributed by atoms with E-state index in [1.54, 1.807) is 5.57 Å². The van der Waals surface area contributed by atoms with Gasteiger partial charge in [-0.3, -0.25) is 0 Å². The molecule has 3 heteroatoms. The lowest BCUT2D eigenvalue weighted by Gasteiger charge is -2.49. The normalized spacial score (nSPS) is 23.8. The van der Waals surface area contributed by atoms with Crippen LogP contribution in [-0.4, -0.2) is 8.24 Å². The molecular formula is C38H48N2Si. The summed E-state index contributed by atoms with van der Waals surface area (Å²) in [7, 11) is -2.04. The van der Waals surface area contributed by atoms with E-state index in [-0.39, 0.29) is 10.8 Å². The predicted molar refractivity (Wildman–Crippen MR) is 181 cm³/mol. The van der Waals surface area contributed by atoms with Crippen molar-refractivity contribution in [3.63, 3.8) is 0 Å². The van der Waals surface area contributed by atoms with E-state index in [9.17, 15) is 0 Å². The summed E-state index contributed by atoms with van der Waals surface area (Å²) in [6.07, 6.45) is 8.64. The van der Waals surface area contributed by atoms with Crippen LogP contribution in [0.15, 0.2) is 85.0 Å². The lowest BCUT2D eigenvalue weighted by molar-refractivity contribution is 0.548. The highest BCUT2D eigenvalue weighted by molar-refractivity contribution is 6.84. The third kappa shape index (κ3) is 4.80. The molecule has 0 spiro atoms. The number of fused-ring (bicyclic) bond motifs is 3. The van der Waals surface area contributed by atoms with Gasteiger partial charge in [0.15, 0.2) is 8.24 Å². The van der Waals surface area contributed by atoms with E-state index in [2.05, 4.69) is 156 Å². The van der Waals surface area contributed by atoms with E-state index in [1.165, 1.54) is 45.9 Å². The van der Waals surface area contributed by atoms with Crippen LogP contribution < -0.4 is 9.88 Å². The van der Waals surface area contributed by atoms with Gasteiger partial charge in [0.1, 0.15) is 0 Å². The van der Waals surface area contributed by atoms with E-state index in [1.807, 2.05) is 0 Å². The minimum Gasteiger partial charge on any atom is -0.366 e. The van der Waals surface area contributed by atoms with Gasteiger partial charge in [-0.15, -0.1) is 0 Å². The van der Waals surface area contributed by atoms with Gasteiger partial charge < -0.3 is 9.88 Å². The number of allylic oxidation sites excluding steroid dienone is 4. The summed E-state index contributed by atoms with van der Waals surface area (Å²) < 4.78 is 2.78. The van der Waals surface area contributed by atoms with Crippen LogP contribution >= 0.6 is 0 Å². The maximum absolute atomic E-state index is 3.72. The first-order chi connectivity index (χ1) is 19.3. The molecule has 1 unspecified atom stereocenters. The van der Waals surface area contributed by atoms with Crippen LogP contribution in [0.25, 0.3) is 5.57 Å². The highest BCUT2D eigenvalue weighted by atomic mass is 28.3. The summed E-state index contributed by atoms with van der Waals surface area (Å²) in [5, 5.41) is 3.72. The van der Waals surface area contributed by atoms with Crippen LogP contribution in [0.1, 0.15) is 71.6 Å². The number of hydrogen-bond acceptors (Lipinski definition) is 2. The van der Waals surface area contributed by atoms with Gasteiger partial charge in [0.05, 0.1) is 22.7 Å². The fraction of sp³-hybridized carbons (Fsp3) is 0.421. The summed E-state index contributed by atoms with van der Waals surface area (Å²) in [6.45, 7) is 21.9. The quantitative estimate of drug-likeness (QED) is 0.320. The van der Waals surface area contributed by atoms with Crippen LogP contribution in [0.3, 0.4) is 0 Å². The topological polar surface area (TPSA) is 15.3 Å². The number of rotatable bonds is 3. The summed E-state index contributed by atoms with van der Waals surface area (Å²) in [6, 6.07) is 25.3. The zero-order valence-electron chi connectivity index (χ0n) is 26.5. The zero-order valence-corrected chi connectivity index (χ0v) is 27.5. The summed E-state index contributed by atoms with van der Waals surface area (Å²) in [4.78, 5) is 0. The molecule has 2 nitrogen and oxygen atoms in total. The molecule has 0 bridgehead atoms. The molecule has 0 aromatic heterocycles. The molecule has 2 aliphatic carbocycles. The lowest BCUT2D eigenvalue weighted by Crippen LogP contribution is -2.53. The van der Waals surface area contributed by atoms with E-state index in [0.29, 0.717) is 23.3 Å². The highest BCUT2D eigenvalue weighted by Gasteiger charge is 2.53. The van der Waals surface area contributed by atoms with Crippen LogP contribution in [0.2, 0.25) is 18.6 Å². The number of hydrogen-bond donors (Lipinski definition) is 1. The average molecular weight is 561 g/mol. The van der Waals surface area contributed by atoms with E-state index < -0.39 is 8.24 Å². The number of para-hydroxylation sites is 4. The third-order valence-corrected chi connectivity index (χ3v) is 14.3. The van der Waals surface area contributed by atoms with Crippen molar-refractivity contribution in [2.75, 3.05) is 9.88 Å². The highest BCUT2D eigenvalue weighted by Crippen LogP contribution is 2.60. The maximum atomic E-state index is 3.72. The molecule has 1 heterocycles. The first-order valence-electron chi connectivity index (χ1n) is 15.6. The first kappa shape index (κ1) is 28.1. The first-order valence-corrected chi connectivity index (χ1v) is 18.6. The van der Waals surface area contributed by atoms with Crippen molar-refractivity contribution in [1.82, 2.24) is 0 Å². The van der Waals surface area contributed by atoms with Gasteiger partial charge >= 0.3 is 0 Å². The third-order valence-electron chi connectivity index (χ3n) is 10.1. The molecule has 1 N–H and O–H groups in total. The molecule has 1 aliphatic heterocycles. The summed E-state index contributed by atoms with van der Waals surface area (Å²) in [5.41, 5.74) is 11.9. The minimum absolute atomic E-state index is 0.115. The van der Waals surface area contributed by atoms with Crippen LogP contribution in [-0.2, 0) is 10.8 Å². The summed E-state index contributed by atoms with van der Waals surface area (Å²) >= 11 is 0. The van der Waals surface area contributed by atoms with Crippen molar-refractivity contribution >= 4 is 36.6 Å². The monoisotopic (exact) mass is 560 g/mol. The van der Waals surface area contributed by atoms with Crippen molar-refractivity contribution in [2.45, 2.75) is 84.4 Å². The van der Waals surface area contributed by atoms with Crippen LogP contribution in [0, 0.1) is 17.8 Å². The minimum atomic E-state index is -2.04. The fourth-order valence-electron chi connectivity index (χ4n) is 8.06. The molecule has 4 atom stereocenters. The van der Waals surface area contributed by atoms with Gasteiger partial charge in [-0.05, 0) is 87.1 Å². The molecule has 0 saturated heterocycles. The standard InChI is InChI=1S/C38H48N2Si/c1-25-21-31-29(26-22-27(37(2,3)4)24-28(23-26)38(5,6)7)15-14-16-30(31)36(25)41(8,9)40-34-19-12-10-17-32(34)39-33-18-11-13-20-35(33)40/h10-20,22-25,30-31,36,39H,21H2,1-9H3/t25-,30+,31-,36?/m1/s1. The van der Waals surface area contributed by atoms with Crippen molar-refractivity contribution in [2.24, 2.45) is 17.8 Å². The molecule has 3 aliphatic rings. The number of nitrogens with one attached hydrogen (secondary N) is 1. The predicted octanol–water partition coefficient (Wildman–Crippen LogP) is 11.0. The van der Waals surface area contributed by atoms with E-state index >= 15 is 0 Å². The second-order valence-electron chi connectivity index (χ2n) is 15.4. The molecule has 41 heavy (non-hydrogen) atoms. The molecule has 0 radical (unpaired) electrons. The molecule has 1 fully saturated rings. The second-order valence-corrected chi connectivity index (χ2v) is 19.8. The molecule has 6 rings (SSSR count). The Labute approximate surface area is 249 Å². The Morgan fingerprint density at radius 3 is 1.85 bits per heavy atom. The molecule has 0 amide bonds. The van der Waals surface area contributed by atoms with E-state index in [0.717, 1.165) is 0 Å². The average Bonchev–Trinajstić information content (AvgIpc) is 3.27. The van der Waals surface area contributed by atoms with Gasteiger partial charge in [-0.2, -0.15) is 0 Å². The Morgan fingerprint density at radius 1 is 0.780 bits per heavy atom. The van der Waals surface area contributed by atoms with Gasteiger partial charge in [-0.25, -0.2) is 0 Å². The molecule has 1 saturated carbocycles. The van der Waals surface area contributed by atoms with Crippen molar-refractivity contribution in [3.8, 4) is 0 Å². The summed E-state index contributed by atoms with van der Waals surface area (Å²) in [5.74, 6) is 1.76. The van der Waals surface area contributed by atoms with Crippen molar-refractivity contribution in [1.29, 1.82) is 0 Å². The Morgan fingerprint density at radius 2 is 1.32 bits per heavy atom. The van der Waals surface area contributed by atoms with Gasteiger partial charge in [0.25, 0.3) is 0 Å². The Balaban J connectivity index is 1.42. The Bertz CT molecular complexity index is 1450. The SMILES string of the molecule is C[C@@H]1C[C@@H]2C(c3cc(C(C)(C)C)cc(C(C)(C)C)c3)=CC=C[C@@H]2C1[Si](C)(C)N1c2ccccc2Nc2ccccc21. The fourth-order valence-corrected chi connectivity index (χ4v) is 12.8. The largest absolute Gasteiger partial charge is 0.366 e. The zero-order chi connectivity index (χ0) is 29.3. The second kappa shape index (κ2) is 9.76. The number of anilines is 4. The lowest BCUT2D eigenvalue weighted by atomic mass is 9.75. The van der Waals surface area contributed by atoms with Gasteiger partial charge in [0, 0.05) is 0 Å². The Hall–Kier alpha value is -3.04. The maximum Gasteiger partial charge on any atom is 0.160 e. The van der Waals surface area contributed by atoms with Gasteiger partial charge in [-0.1, -0.05) is 122 Å². The molecule has 3 aromatic rings. The van der Waals surface area contributed by atoms with Crippen LogP contribution in [0.5, 0.6) is 0 Å². The van der Waals surface area contributed by atoms with Crippen molar-refractivity contribution in [3.05, 3.63) is 102 Å². The molecular weight excluding hydrogens is 513 g/mol. The number of benzene rings is 3. The van der Waals surface area contributed by atoms with Crippen molar-refractivity contribution < 1.29 is 0 Å². The molecule has 3 aromatic carbocycles. The van der Waals surface area contributed by atoms with Crippen LogP contribution in [0.4, 0.5) is 22.7 Å². The smallest absolute Gasteiger partial charge is 0.160 e.